The highest BCUT2D eigenvalue weighted by Crippen LogP contribution is 2.31. The van der Waals surface area contributed by atoms with E-state index in [0.29, 0.717) is 12.3 Å². The van der Waals surface area contributed by atoms with Crippen molar-refractivity contribution in [2.24, 2.45) is 11.8 Å². The number of halogens is 1. The van der Waals surface area contributed by atoms with Crippen LogP contribution in [0.3, 0.4) is 0 Å². The maximum atomic E-state index is 13.3. The van der Waals surface area contributed by atoms with Crippen molar-refractivity contribution < 1.29 is 9.18 Å². The first-order valence-corrected chi connectivity index (χ1v) is 5.62. The second-order valence-corrected chi connectivity index (χ2v) is 5.23. The molecule has 0 radical (unpaired) electrons. The second-order valence-electron chi connectivity index (χ2n) is 5.23. The van der Waals surface area contributed by atoms with Gasteiger partial charge in [-0.1, -0.05) is 19.8 Å². The molecule has 14 heavy (non-hydrogen) atoms. The number of carbonyl (C=O) groups is 1. The Hall–Kier alpha value is -0.400. The molecule has 0 amide bonds. The SMILES string of the molecule is CC1CCC(CC(=O)C(C)(C)F)CC1. The summed E-state index contributed by atoms with van der Waals surface area (Å²) in [6, 6.07) is 0. The van der Waals surface area contributed by atoms with E-state index in [-0.39, 0.29) is 5.78 Å². The van der Waals surface area contributed by atoms with Crippen LogP contribution in [-0.4, -0.2) is 11.5 Å². The van der Waals surface area contributed by atoms with Crippen LogP contribution in [-0.2, 0) is 4.79 Å². The van der Waals surface area contributed by atoms with E-state index in [9.17, 15) is 9.18 Å². The van der Waals surface area contributed by atoms with Crippen molar-refractivity contribution in [1.82, 2.24) is 0 Å². The Morgan fingerprint density at radius 3 is 2.21 bits per heavy atom. The molecule has 0 bridgehead atoms. The molecular formula is C12H21FO. The van der Waals surface area contributed by atoms with Gasteiger partial charge in [-0.05, 0) is 38.5 Å². The average molecular weight is 200 g/mol. The van der Waals surface area contributed by atoms with Gasteiger partial charge in [0.15, 0.2) is 11.5 Å². The normalized spacial score (nSPS) is 28.9. The molecule has 1 nitrogen and oxygen atoms in total. The Bertz CT molecular complexity index is 197. The van der Waals surface area contributed by atoms with Gasteiger partial charge in [-0.2, -0.15) is 0 Å². The van der Waals surface area contributed by atoms with Crippen molar-refractivity contribution in [1.29, 1.82) is 0 Å². The summed E-state index contributed by atoms with van der Waals surface area (Å²) in [6.45, 7) is 4.97. The Morgan fingerprint density at radius 1 is 1.29 bits per heavy atom. The monoisotopic (exact) mass is 200 g/mol. The topological polar surface area (TPSA) is 17.1 Å². The lowest BCUT2D eigenvalue weighted by atomic mass is 9.79. The van der Waals surface area contributed by atoms with Crippen LogP contribution in [0.15, 0.2) is 0 Å². The van der Waals surface area contributed by atoms with Gasteiger partial charge in [-0.15, -0.1) is 0 Å². The summed E-state index contributed by atoms with van der Waals surface area (Å²) in [4.78, 5) is 11.4. The molecule has 0 aromatic rings. The van der Waals surface area contributed by atoms with E-state index in [2.05, 4.69) is 6.92 Å². The maximum Gasteiger partial charge on any atom is 0.169 e. The van der Waals surface area contributed by atoms with E-state index >= 15 is 0 Å². The highest BCUT2D eigenvalue weighted by molar-refractivity contribution is 5.86. The van der Waals surface area contributed by atoms with Gasteiger partial charge in [-0.3, -0.25) is 4.79 Å². The smallest absolute Gasteiger partial charge is 0.169 e. The second kappa shape index (κ2) is 4.41. The molecule has 1 rings (SSSR count). The molecule has 0 N–H and O–H groups in total. The number of carbonyl (C=O) groups excluding carboxylic acids is 1. The van der Waals surface area contributed by atoms with Crippen LogP contribution in [0, 0.1) is 11.8 Å². The van der Waals surface area contributed by atoms with Crippen LogP contribution in [0.1, 0.15) is 52.9 Å². The van der Waals surface area contributed by atoms with Crippen LogP contribution in [0.4, 0.5) is 4.39 Å². The molecule has 82 valence electrons. The fourth-order valence-corrected chi connectivity index (χ4v) is 2.04. The minimum atomic E-state index is -1.64. The van der Waals surface area contributed by atoms with Crippen molar-refractivity contribution in [3.05, 3.63) is 0 Å². The Kier molecular flexibility index (Phi) is 3.68. The van der Waals surface area contributed by atoms with Crippen LogP contribution in [0.2, 0.25) is 0 Å². The Morgan fingerprint density at radius 2 is 1.79 bits per heavy atom. The van der Waals surface area contributed by atoms with Crippen LogP contribution in [0.25, 0.3) is 0 Å². The van der Waals surface area contributed by atoms with Gasteiger partial charge >= 0.3 is 0 Å². The lowest BCUT2D eigenvalue weighted by Gasteiger charge is -2.26. The number of Topliss-reactive ketones (excluding diaryl/α,β-unsaturated/α-hetero) is 1. The Labute approximate surface area is 86.1 Å². The van der Waals surface area contributed by atoms with Gasteiger partial charge in [0.1, 0.15) is 0 Å². The first kappa shape index (κ1) is 11.7. The first-order chi connectivity index (χ1) is 6.39. The van der Waals surface area contributed by atoms with Gasteiger partial charge in [0.25, 0.3) is 0 Å². The number of rotatable bonds is 3. The van der Waals surface area contributed by atoms with E-state index in [1.165, 1.54) is 26.7 Å². The zero-order valence-corrected chi connectivity index (χ0v) is 9.48. The molecule has 0 heterocycles. The zero-order chi connectivity index (χ0) is 10.8. The molecule has 0 saturated heterocycles. The van der Waals surface area contributed by atoms with Gasteiger partial charge in [0.2, 0.25) is 0 Å². The summed E-state index contributed by atoms with van der Waals surface area (Å²) in [5.74, 6) is 1.01. The molecule has 1 fully saturated rings. The zero-order valence-electron chi connectivity index (χ0n) is 9.48. The number of hydrogen-bond acceptors (Lipinski definition) is 1. The molecule has 0 aromatic heterocycles. The molecule has 0 aliphatic heterocycles. The van der Waals surface area contributed by atoms with Crippen molar-refractivity contribution in [2.75, 3.05) is 0 Å². The molecule has 0 atom stereocenters. The summed E-state index contributed by atoms with van der Waals surface area (Å²) in [6.07, 6.45) is 5.04. The largest absolute Gasteiger partial charge is 0.296 e. The minimum absolute atomic E-state index is 0.225. The minimum Gasteiger partial charge on any atom is -0.296 e. The van der Waals surface area contributed by atoms with Crippen LogP contribution >= 0.6 is 0 Å². The molecule has 0 aromatic carbocycles. The van der Waals surface area contributed by atoms with Gasteiger partial charge < -0.3 is 0 Å². The third-order valence-electron chi connectivity index (χ3n) is 3.27. The summed E-state index contributed by atoms with van der Waals surface area (Å²) in [7, 11) is 0. The quantitative estimate of drug-likeness (QED) is 0.681. The van der Waals surface area contributed by atoms with Gasteiger partial charge in [0.05, 0.1) is 0 Å². The van der Waals surface area contributed by atoms with Crippen molar-refractivity contribution in [3.8, 4) is 0 Å². The standard InChI is InChI=1S/C12H21FO/c1-9-4-6-10(7-5-9)8-11(14)12(2,3)13/h9-10H,4-8H2,1-3H3. The fraction of sp³-hybridized carbons (Fsp3) is 0.917. The average Bonchev–Trinajstić information content (AvgIpc) is 2.07. The van der Waals surface area contributed by atoms with Crippen molar-refractivity contribution in [2.45, 2.75) is 58.5 Å². The number of ketones is 1. The first-order valence-electron chi connectivity index (χ1n) is 5.62. The maximum absolute atomic E-state index is 13.3. The van der Waals surface area contributed by atoms with Gasteiger partial charge in [-0.25, -0.2) is 4.39 Å². The molecule has 1 aliphatic rings. The van der Waals surface area contributed by atoms with Gasteiger partial charge in [0, 0.05) is 6.42 Å². The summed E-state index contributed by atoms with van der Waals surface area (Å²) >= 11 is 0. The highest BCUT2D eigenvalue weighted by Gasteiger charge is 2.29. The molecule has 2 heteroatoms. The van der Waals surface area contributed by atoms with Crippen LogP contribution < -0.4 is 0 Å². The molecule has 0 unspecified atom stereocenters. The van der Waals surface area contributed by atoms with Crippen molar-refractivity contribution in [3.63, 3.8) is 0 Å². The Balaban J connectivity index is 2.35. The third kappa shape index (κ3) is 3.39. The van der Waals surface area contributed by atoms with E-state index in [1.807, 2.05) is 0 Å². The summed E-state index contributed by atoms with van der Waals surface area (Å²) in [5.41, 5.74) is -1.64. The number of hydrogen-bond donors (Lipinski definition) is 0. The number of alkyl halides is 1. The lowest BCUT2D eigenvalue weighted by molar-refractivity contribution is -0.129. The van der Waals surface area contributed by atoms with Crippen LogP contribution in [0.5, 0.6) is 0 Å². The summed E-state index contributed by atoms with van der Waals surface area (Å²) in [5, 5.41) is 0. The van der Waals surface area contributed by atoms with E-state index in [4.69, 9.17) is 0 Å². The van der Waals surface area contributed by atoms with E-state index in [1.54, 1.807) is 0 Å². The lowest BCUT2D eigenvalue weighted by Crippen LogP contribution is -2.29. The predicted molar refractivity (Wildman–Crippen MR) is 55.9 cm³/mol. The van der Waals surface area contributed by atoms with E-state index < -0.39 is 5.67 Å². The third-order valence-corrected chi connectivity index (χ3v) is 3.27. The van der Waals surface area contributed by atoms with E-state index in [0.717, 1.165) is 18.8 Å². The molecule has 0 spiro atoms. The molecule has 1 saturated carbocycles. The summed E-state index contributed by atoms with van der Waals surface area (Å²) < 4.78 is 13.3. The molecular weight excluding hydrogens is 179 g/mol. The van der Waals surface area contributed by atoms with Crippen molar-refractivity contribution >= 4 is 5.78 Å². The fourth-order valence-electron chi connectivity index (χ4n) is 2.04. The molecule has 1 aliphatic carbocycles. The predicted octanol–water partition coefficient (Wildman–Crippen LogP) is 3.52. The highest BCUT2D eigenvalue weighted by atomic mass is 19.1.